The van der Waals surface area contributed by atoms with Gasteiger partial charge in [-0.05, 0) is 74.5 Å². The maximum atomic E-state index is 13.4. The van der Waals surface area contributed by atoms with Crippen molar-refractivity contribution in [1.29, 1.82) is 0 Å². The molecule has 1 aliphatic rings. The maximum absolute atomic E-state index is 13.4. The Balaban J connectivity index is 1.59. The summed E-state index contributed by atoms with van der Waals surface area (Å²) in [4.78, 5) is 0.189. The monoisotopic (exact) mass is 514 g/mol. The Morgan fingerprint density at radius 1 is 1.06 bits per heavy atom. The summed E-state index contributed by atoms with van der Waals surface area (Å²) in [6, 6.07) is 15.1. The fourth-order valence-electron chi connectivity index (χ4n) is 4.15. The predicted molar refractivity (Wildman–Crippen MR) is 131 cm³/mol. The van der Waals surface area contributed by atoms with Crippen molar-refractivity contribution in [2.24, 2.45) is 0 Å². The molecule has 182 valence electrons. The largest absolute Gasteiger partial charge is 0.497 e. The Kier molecular flexibility index (Phi) is 5.66. The highest BCUT2D eigenvalue weighted by molar-refractivity contribution is 7.91. The standard InChI is InChI=1S/C25H23ClN2O6S/c1-25(2)23(29)22(27-24-19-12-14(26)4-10-21(19)34-28-24)18-13-17(9-11-20(18)33-25)35(30,31)16-7-5-15(32-3)6-8-16/h4-13,22-23,29H,1-3H3,(H,27,28)/t22-,23+/m1/s1. The number of sulfone groups is 1. The van der Waals surface area contributed by atoms with Crippen molar-refractivity contribution in [1.82, 2.24) is 5.16 Å². The fraction of sp³-hybridized carbons (Fsp3) is 0.240. The van der Waals surface area contributed by atoms with Gasteiger partial charge in [-0.15, -0.1) is 0 Å². The lowest BCUT2D eigenvalue weighted by atomic mass is 9.86. The molecule has 4 aromatic rings. The molecular formula is C25H23ClN2O6S. The average Bonchev–Trinajstić information content (AvgIpc) is 3.23. The highest BCUT2D eigenvalue weighted by Crippen LogP contribution is 2.43. The van der Waals surface area contributed by atoms with Gasteiger partial charge in [0.15, 0.2) is 11.4 Å². The van der Waals surface area contributed by atoms with Crippen LogP contribution in [-0.2, 0) is 9.84 Å². The van der Waals surface area contributed by atoms with E-state index in [2.05, 4.69) is 10.5 Å². The molecule has 1 aromatic heterocycles. The number of hydrogen-bond donors (Lipinski definition) is 2. The normalized spacial score (nSPS) is 19.1. The zero-order valence-corrected chi connectivity index (χ0v) is 20.7. The van der Waals surface area contributed by atoms with Gasteiger partial charge in [0.2, 0.25) is 9.84 Å². The van der Waals surface area contributed by atoms with E-state index in [9.17, 15) is 13.5 Å². The van der Waals surface area contributed by atoms with Gasteiger partial charge in [0.1, 0.15) is 23.2 Å². The highest BCUT2D eigenvalue weighted by atomic mass is 35.5. The summed E-state index contributed by atoms with van der Waals surface area (Å²) in [6.45, 7) is 3.52. The fourth-order valence-corrected chi connectivity index (χ4v) is 5.62. The van der Waals surface area contributed by atoms with Gasteiger partial charge in [0, 0.05) is 10.6 Å². The lowest BCUT2D eigenvalue weighted by Gasteiger charge is -2.42. The number of aromatic nitrogens is 1. The van der Waals surface area contributed by atoms with E-state index in [1.807, 2.05) is 0 Å². The van der Waals surface area contributed by atoms with Gasteiger partial charge in [-0.25, -0.2) is 8.42 Å². The number of rotatable bonds is 5. The molecule has 1 aliphatic heterocycles. The average molecular weight is 515 g/mol. The molecular weight excluding hydrogens is 492 g/mol. The SMILES string of the molecule is COc1ccc(S(=O)(=O)c2ccc3c(c2)[C@@H](Nc2noc4ccc(Cl)cc24)[C@H](O)C(C)(C)O3)cc1. The molecule has 2 atom stereocenters. The summed E-state index contributed by atoms with van der Waals surface area (Å²) < 4.78 is 43.3. The van der Waals surface area contributed by atoms with Gasteiger partial charge < -0.3 is 24.4 Å². The molecule has 0 fully saturated rings. The van der Waals surface area contributed by atoms with Crippen molar-refractivity contribution in [2.45, 2.75) is 41.4 Å². The Morgan fingerprint density at radius 3 is 2.49 bits per heavy atom. The number of aliphatic hydroxyl groups is 1. The van der Waals surface area contributed by atoms with E-state index in [1.165, 1.54) is 31.4 Å². The van der Waals surface area contributed by atoms with Crippen LogP contribution in [0.3, 0.4) is 0 Å². The maximum Gasteiger partial charge on any atom is 0.206 e. The first-order valence-electron chi connectivity index (χ1n) is 10.8. The molecule has 3 aromatic carbocycles. The van der Waals surface area contributed by atoms with E-state index in [1.54, 1.807) is 50.2 Å². The van der Waals surface area contributed by atoms with Crippen LogP contribution in [0.25, 0.3) is 11.0 Å². The molecule has 0 amide bonds. The lowest BCUT2D eigenvalue weighted by molar-refractivity contribution is -0.0534. The van der Waals surface area contributed by atoms with Gasteiger partial charge in [-0.1, -0.05) is 16.8 Å². The van der Waals surface area contributed by atoms with Crippen LogP contribution in [0.1, 0.15) is 25.5 Å². The van der Waals surface area contributed by atoms with E-state index >= 15 is 0 Å². The first kappa shape index (κ1) is 23.5. The summed E-state index contributed by atoms with van der Waals surface area (Å²) >= 11 is 6.15. The molecule has 10 heteroatoms. The second-order valence-electron chi connectivity index (χ2n) is 8.82. The molecule has 0 spiro atoms. The number of nitrogens with zero attached hydrogens (tertiary/aromatic N) is 1. The van der Waals surface area contributed by atoms with Crippen LogP contribution >= 0.6 is 11.6 Å². The van der Waals surface area contributed by atoms with Crippen molar-refractivity contribution < 1.29 is 27.5 Å². The molecule has 0 saturated heterocycles. The minimum atomic E-state index is -3.84. The summed E-state index contributed by atoms with van der Waals surface area (Å²) in [5, 5.41) is 19.7. The smallest absolute Gasteiger partial charge is 0.206 e. The number of aliphatic hydroxyl groups excluding tert-OH is 1. The van der Waals surface area contributed by atoms with Gasteiger partial charge >= 0.3 is 0 Å². The molecule has 5 rings (SSSR count). The number of hydrogen-bond acceptors (Lipinski definition) is 8. The van der Waals surface area contributed by atoms with Gasteiger partial charge in [0.25, 0.3) is 0 Å². The van der Waals surface area contributed by atoms with Crippen LogP contribution in [0.5, 0.6) is 11.5 Å². The number of nitrogens with one attached hydrogen (secondary N) is 1. The summed E-state index contributed by atoms with van der Waals surface area (Å²) in [6.07, 6.45) is -1.04. The Bertz CT molecular complexity index is 1520. The molecule has 8 nitrogen and oxygen atoms in total. The second kappa shape index (κ2) is 8.44. The summed E-state index contributed by atoms with van der Waals surface area (Å²) in [5.41, 5.74) is 0.0384. The Labute approximate surface area is 207 Å². The number of benzene rings is 3. The van der Waals surface area contributed by atoms with Crippen LogP contribution < -0.4 is 14.8 Å². The van der Waals surface area contributed by atoms with Crippen LogP contribution in [0.4, 0.5) is 5.82 Å². The lowest BCUT2D eigenvalue weighted by Crippen LogP contribution is -2.50. The molecule has 0 aliphatic carbocycles. The molecule has 0 unspecified atom stereocenters. The first-order valence-corrected chi connectivity index (χ1v) is 12.7. The van der Waals surface area contributed by atoms with E-state index < -0.39 is 27.6 Å². The Morgan fingerprint density at radius 2 is 1.77 bits per heavy atom. The van der Waals surface area contributed by atoms with E-state index in [0.717, 1.165) is 0 Å². The van der Waals surface area contributed by atoms with Crippen LogP contribution in [0, 0.1) is 0 Å². The van der Waals surface area contributed by atoms with Crippen LogP contribution in [0.2, 0.25) is 5.02 Å². The topological polar surface area (TPSA) is 111 Å². The molecule has 2 heterocycles. The zero-order valence-electron chi connectivity index (χ0n) is 19.2. The molecule has 0 bridgehead atoms. The van der Waals surface area contributed by atoms with E-state index in [4.69, 9.17) is 25.6 Å². The molecule has 0 saturated carbocycles. The van der Waals surface area contributed by atoms with Crippen molar-refractivity contribution >= 4 is 38.2 Å². The molecule has 35 heavy (non-hydrogen) atoms. The zero-order chi connectivity index (χ0) is 25.0. The minimum Gasteiger partial charge on any atom is -0.497 e. The summed E-state index contributed by atoms with van der Waals surface area (Å²) in [7, 11) is -2.33. The second-order valence-corrected chi connectivity index (χ2v) is 11.2. The van der Waals surface area contributed by atoms with Crippen molar-refractivity contribution in [3.8, 4) is 11.5 Å². The van der Waals surface area contributed by atoms with Gasteiger partial charge in [-0.3, -0.25) is 0 Å². The predicted octanol–water partition coefficient (Wildman–Crippen LogP) is 5.01. The molecule has 2 N–H and O–H groups in total. The minimum absolute atomic E-state index is 0.0665. The number of anilines is 1. The van der Waals surface area contributed by atoms with E-state index in [-0.39, 0.29) is 9.79 Å². The van der Waals surface area contributed by atoms with Crippen LogP contribution in [-0.4, -0.2) is 37.5 Å². The van der Waals surface area contributed by atoms with Crippen LogP contribution in [0.15, 0.2) is 75.0 Å². The quantitative estimate of drug-likeness (QED) is 0.382. The van der Waals surface area contributed by atoms with Crippen molar-refractivity contribution in [3.63, 3.8) is 0 Å². The molecule has 0 radical (unpaired) electrons. The summed E-state index contributed by atoms with van der Waals surface area (Å²) in [5.74, 6) is 1.38. The first-order chi connectivity index (χ1) is 16.6. The van der Waals surface area contributed by atoms with Crippen molar-refractivity contribution in [3.05, 3.63) is 71.2 Å². The third-order valence-corrected chi connectivity index (χ3v) is 8.12. The van der Waals surface area contributed by atoms with Gasteiger partial charge in [-0.2, -0.15) is 0 Å². The van der Waals surface area contributed by atoms with Crippen molar-refractivity contribution in [2.75, 3.05) is 12.4 Å². The van der Waals surface area contributed by atoms with Gasteiger partial charge in [0.05, 0.1) is 28.3 Å². The highest BCUT2D eigenvalue weighted by Gasteiger charge is 2.44. The number of ether oxygens (including phenoxy) is 2. The number of fused-ring (bicyclic) bond motifs is 2. The number of methoxy groups -OCH3 is 1. The number of halogens is 1. The van der Waals surface area contributed by atoms with E-state index in [0.29, 0.717) is 38.9 Å². The third-order valence-electron chi connectivity index (χ3n) is 6.12. The third kappa shape index (κ3) is 4.09. The Hall–Kier alpha value is -3.27.